The summed E-state index contributed by atoms with van der Waals surface area (Å²) in [6, 6.07) is 7.32. The van der Waals surface area contributed by atoms with Crippen LogP contribution >= 0.6 is 0 Å². The van der Waals surface area contributed by atoms with E-state index in [1.807, 2.05) is 39.0 Å². The first-order valence-corrected chi connectivity index (χ1v) is 5.14. The Morgan fingerprint density at radius 2 is 2.00 bits per heavy atom. The van der Waals surface area contributed by atoms with Crippen LogP contribution in [0.25, 0.3) is 0 Å². The van der Waals surface area contributed by atoms with Crippen LogP contribution in [0, 0.1) is 0 Å². The molecule has 1 aromatic rings. The maximum absolute atomic E-state index is 11.2. The van der Waals surface area contributed by atoms with E-state index < -0.39 is 0 Å². The Morgan fingerprint density at radius 3 is 2.56 bits per heavy atom. The molecule has 0 heterocycles. The average Bonchev–Trinajstić information content (AvgIpc) is 2.18. The van der Waals surface area contributed by atoms with E-state index in [-0.39, 0.29) is 11.5 Å². The lowest BCUT2D eigenvalue weighted by molar-refractivity contribution is -0.111. The van der Waals surface area contributed by atoms with Crippen molar-refractivity contribution in [2.45, 2.75) is 26.4 Å². The number of rotatable bonds is 3. The Labute approximate surface area is 96.1 Å². The number of hydrogen-bond acceptors (Lipinski definition) is 2. The maximum Gasteiger partial charge on any atom is 0.247 e. The number of anilines is 1. The van der Waals surface area contributed by atoms with E-state index >= 15 is 0 Å². The van der Waals surface area contributed by atoms with Crippen molar-refractivity contribution in [2.24, 2.45) is 0 Å². The predicted octanol–water partition coefficient (Wildman–Crippen LogP) is 2.99. The Balaban J connectivity index is 2.91. The summed E-state index contributed by atoms with van der Waals surface area (Å²) in [5.41, 5.74) is 0.358. The van der Waals surface area contributed by atoms with Crippen molar-refractivity contribution < 1.29 is 9.53 Å². The third-order valence-corrected chi connectivity index (χ3v) is 1.75. The normalized spacial score (nSPS) is 10.7. The molecule has 0 aromatic heterocycles. The summed E-state index contributed by atoms with van der Waals surface area (Å²) in [6.07, 6.45) is 1.23. The van der Waals surface area contributed by atoms with Gasteiger partial charge in [0.05, 0.1) is 5.69 Å². The molecule has 16 heavy (non-hydrogen) atoms. The fourth-order valence-corrected chi connectivity index (χ4v) is 1.17. The van der Waals surface area contributed by atoms with Gasteiger partial charge in [-0.15, -0.1) is 0 Å². The standard InChI is InChI=1S/C13H17NO2/c1-5-12(15)14-10-8-6-7-9-11(10)16-13(2,3)4/h5-9H,1H2,2-4H3,(H,14,15). The van der Waals surface area contributed by atoms with E-state index in [1.165, 1.54) is 6.08 Å². The largest absolute Gasteiger partial charge is 0.486 e. The average molecular weight is 219 g/mol. The van der Waals surface area contributed by atoms with Gasteiger partial charge in [-0.2, -0.15) is 0 Å². The molecule has 0 saturated carbocycles. The second-order valence-corrected chi connectivity index (χ2v) is 4.40. The number of hydrogen-bond donors (Lipinski definition) is 1. The minimum atomic E-state index is -0.297. The first-order chi connectivity index (χ1) is 7.42. The van der Waals surface area contributed by atoms with Crippen molar-refractivity contribution in [3.63, 3.8) is 0 Å². The molecule has 3 heteroatoms. The van der Waals surface area contributed by atoms with E-state index in [0.29, 0.717) is 11.4 Å². The highest BCUT2D eigenvalue weighted by atomic mass is 16.5. The molecular formula is C13H17NO2. The summed E-state index contributed by atoms with van der Waals surface area (Å²) in [4.78, 5) is 11.2. The van der Waals surface area contributed by atoms with E-state index in [1.54, 1.807) is 6.07 Å². The van der Waals surface area contributed by atoms with Crippen LogP contribution in [0.1, 0.15) is 20.8 Å². The third-order valence-electron chi connectivity index (χ3n) is 1.75. The monoisotopic (exact) mass is 219 g/mol. The first kappa shape index (κ1) is 12.3. The molecule has 0 unspecified atom stereocenters. The van der Waals surface area contributed by atoms with Crippen molar-refractivity contribution >= 4 is 11.6 Å². The van der Waals surface area contributed by atoms with Gasteiger partial charge in [-0.05, 0) is 39.0 Å². The van der Waals surface area contributed by atoms with Crippen LogP contribution in [0.4, 0.5) is 5.69 Å². The molecule has 1 rings (SSSR count). The highest BCUT2D eigenvalue weighted by Gasteiger charge is 2.14. The van der Waals surface area contributed by atoms with E-state index in [9.17, 15) is 4.79 Å². The SMILES string of the molecule is C=CC(=O)Nc1ccccc1OC(C)(C)C. The van der Waals surface area contributed by atoms with Gasteiger partial charge >= 0.3 is 0 Å². The van der Waals surface area contributed by atoms with Crippen LogP contribution in [0.2, 0.25) is 0 Å². The Bertz CT molecular complexity index is 391. The van der Waals surface area contributed by atoms with Gasteiger partial charge in [-0.25, -0.2) is 0 Å². The number of ether oxygens (including phenoxy) is 1. The molecule has 3 nitrogen and oxygen atoms in total. The smallest absolute Gasteiger partial charge is 0.247 e. The second-order valence-electron chi connectivity index (χ2n) is 4.40. The molecule has 0 atom stereocenters. The Hall–Kier alpha value is -1.77. The van der Waals surface area contributed by atoms with Gasteiger partial charge < -0.3 is 10.1 Å². The topological polar surface area (TPSA) is 38.3 Å². The lowest BCUT2D eigenvalue weighted by atomic mass is 10.2. The van der Waals surface area contributed by atoms with E-state index in [0.717, 1.165) is 0 Å². The number of carbonyl (C=O) groups excluding carboxylic acids is 1. The van der Waals surface area contributed by atoms with Crippen LogP contribution in [0.5, 0.6) is 5.75 Å². The fraction of sp³-hybridized carbons (Fsp3) is 0.308. The van der Waals surface area contributed by atoms with Gasteiger partial charge in [0.2, 0.25) is 5.91 Å². The molecule has 86 valence electrons. The lowest BCUT2D eigenvalue weighted by Crippen LogP contribution is -2.24. The van der Waals surface area contributed by atoms with Gasteiger partial charge in [0.15, 0.2) is 0 Å². The molecular weight excluding hydrogens is 202 g/mol. The molecule has 1 amide bonds. The molecule has 0 saturated heterocycles. The number of nitrogens with one attached hydrogen (secondary N) is 1. The van der Waals surface area contributed by atoms with Crippen molar-refractivity contribution in [1.82, 2.24) is 0 Å². The fourth-order valence-electron chi connectivity index (χ4n) is 1.17. The second kappa shape index (κ2) is 4.84. The summed E-state index contributed by atoms with van der Waals surface area (Å²) in [5, 5.41) is 2.70. The number of carbonyl (C=O) groups is 1. The minimum absolute atomic E-state index is 0.245. The highest BCUT2D eigenvalue weighted by molar-refractivity contribution is 5.99. The minimum Gasteiger partial charge on any atom is -0.486 e. The summed E-state index contributed by atoms with van der Waals surface area (Å²) < 4.78 is 5.73. The highest BCUT2D eigenvalue weighted by Crippen LogP contribution is 2.27. The van der Waals surface area contributed by atoms with Crippen molar-refractivity contribution in [2.75, 3.05) is 5.32 Å². The first-order valence-electron chi connectivity index (χ1n) is 5.14. The molecule has 0 fully saturated rings. The molecule has 0 radical (unpaired) electrons. The summed E-state index contributed by atoms with van der Waals surface area (Å²) >= 11 is 0. The molecule has 0 aliphatic carbocycles. The van der Waals surface area contributed by atoms with Crippen molar-refractivity contribution in [3.05, 3.63) is 36.9 Å². The predicted molar refractivity (Wildman–Crippen MR) is 65.6 cm³/mol. The van der Waals surface area contributed by atoms with Gasteiger partial charge in [-0.3, -0.25) is 4.79 Å². The number of benzene rings is 1. The summed E-state index contributed by atoms with van der Waals surface area (Å²) in [5.74, 6) is 0.412. The van der Waals surface area contributed by atoms with Crippen molar-refractivity contribution in [3.8, 4) is 5.75 Å². The zero-order valence-corrected chi connectivity index (χ0v) is 9.91. The van der Waals surface area contributed by atoms with E-state index in [2.05, 4.69) is 11.9 Å². The van der Waals surface area contributed by atoms with Crippen LogP contribution < -0.4 is 10.1 Å². The van der Waals surface area contributed by atoms with Gasteiger partial charge in [-0.1, -0.05) is 18.7 Å². The molecule has 0 aliphatic rings. The van der Waals surface area contributed by atoms with Crippen LogP contribution in [0.3, 0.4) is 0 Å². The van der Waals surface area contributed by atoms with Gasteiger partial charge in [0.25, 0.3) is 0 Å². The molecule has 0 bridgehead atoms. The van der Waals surface area contributed by atoms with Crippen LogP contribution in [0.15, 0.2) is 36.9 Å². The molecule has 0 aliphatic heterocycles. The van der Waals surface area contributed by atoms with Crippen LogP contribution in [-0.4, -0.2) is 11.5 Å². The number of amides is 1. The molecule has 1 aromatic carbocycles. The maximum atomic E-state index is 11.2. The van der Waals surface area contributed by atoms with Crippen molar-refractivity contribution in [1.29, 1.82) is 0 Å². The lowest BCUT2D eigenvalue weighted by Gasteiger charge is -2.23. The summed E-state index contributed by atoms with van der Waals surface area (Å²) in [7, 11) is 0. The Kier molecular flexibility index (Phi) is 3.72. The van der Waals surface area contributed by atoms with Crippen LogP contribution in [-0.2, 0) is 4.79 Å². The third kappa shape index (κ3) is 3.77. The molecule has 0 spiro atoms. The van der Waals surface area contributed by atoms with Gasteiger partial charge in [0, 0.05) is 0 Å². The Morgan fingerprint density at radius 1 is 1.38 bits per heavy atom. The zero-order chi connectivity index (χ0) is 12.2. The number of para-hydroxylation sites is 2. The van der Waals surface area contributed by atoms with Gasteiger partial charge in [0.1, 0.15) is 11.4 Å². The quantitative estimate of drug-likeness (QED) is 0.794. The van der Waals surface area contributed by atoms with E-state index in [4.69, 9.17) is 4.74 Å². The molecule has 1 N–H and O–H groups in total. The summed E-state index contributed by atoms with van der Waals surface area (Å²) in [6.45, 7) is 9.28. The zero-order valence-electron chi connectivity index (χ0n) is 9.91.